The van der Waals surface area contributed by atoms with Gasteiger partial charge in [0.15, 0.2) is 6.04 Å². The number of amides is 3. The number of rotatable bonds is 7. The highest BCUT2D eigenvalue weighted by Gasteiger charge is 2.41. The monoisotopic (exact) mass is 451 g/mol. The molecule has 2 aliphatic rings. The minimum Gasteiger partial charge on any atom is -0.480 e. The molecule has 0 aromatic heterocycles. The fourth-order valence-corrected chi connectivity index (χ4v) is 4.43. The van der Waals surface area contributed by atoms with Gasteiger partial charge >= 0.3 is 12.1 Å². The van der Waals surface area contributed by atoms with E-state index in [0.717, 1.165) is 27.3 Å². The van der Waals surface area contributed by atoms with Crippen LogP contribution in [0, 0.1) is 0 Å². The Morgan fingerprint density at radius 2 is 1.73 bits per heavy atom. The summed E-state index contributed by atoms with van der Waals surface area (Å²) < 4.78 is 5.50. The molecule has 1 aliphatic heterocycles. The van der Waals surface area contributed by atoms with Gasteiger partial charge in [0.2, 0.25) is 5.91 Å². The number of nitrogens with zero attached hydrogens (tertiary/aromatic N) is 1. The lowest BCUT2D eigenvalue weighted by atomic mass is 9.98. The summed E-state index contributed by atoms with van der Waals surface area (Å²) in [4.78, 5) is 48.6. The van der Waals surface area contributed by atoms with Gasteiger partial charge < -0.3 is 15.2 Å². The third kappa shape index (κ3) is 4.39. The van der Waals surface area contributed by atoms with Crippen molar-refractivity contribution in [3.8, 4) is 11.1 Å². The number of alkyl carbamates (subject to hydrolysis) is 1. The van der Waals surface area contributed by atoms with Gasteiger partial charge in [-0.2, -0.15) is 0 Å². The van der Waals surface area contributed by atoms with E-state index in [-0.39, 0.29) is 25.4 Å². The minimum atomic E-state index is -1.31. The number of nitrogens with one attached hydrogen (secondary N) is 2. The number of hydrogen-bond acceptors (Lipinski definition) is 5. The van der Waals surface area contributed by atoms with Gasteiger partial charge in [-0.05, 0) is 28.7 Å². The molecule has 1 fully saturated rings. The zero-order chi connectivity index (χ0) is 23.5. The largest absolute Gasteiger partial charge is 0.480 e. The first-order valence-electron chi connectivity index (χ1n) is 10.9. The van der Waals surface area contributed by atoms with Gasteiger partial charge in [-0.3, -0.25) is 15.0 Å². The van der Waals surface area contributed by atoms with Crippen molar-refractivity contribution in [2.45, 2.75) is 44.2 Å². The molecule has 9 heteroatoms. The smallest absolute Gasteiger partial charge is 0.407 e. The first-order valence-corrected chi connectivity index (χ1v) is 10.9. The third-order valence-corrected chi connectivity index (χ3v) is 5.97. The summed E-state index contributed by atoms with van der Waals surface area (Å²) in [7, 11) is 0. The molecule has 3 N–H and O–H groups in total. The molecule has 33 heavy (non-hydrogen) atoms. The molecule has 2 aromatic rings. The van der Waals surface area contributed by atoms with E-state index in [1.54, 1.807) is 0 Å². The maximum absolute atomic E-state index is 12.9. The van der Waals surface area contributed by atoms with Crippen molar-refractivity contribution in [1.29, 1.82) is 0 Å². The van der Waals surface area contributed by atoms with Crippen LogP contribution < -0.4 is 10.7 Å². The fourth-order valence-electron chi connectivity index (χ4n) is 4.43. The van der Waals surface area contributed by atoms with Crippen LogP contribution in [0.15, 0.2) is 48.5 Å². The molecule has 0 bridgehead atoms. The number of aliphatic carboxylic acids is 1. The van der Waals surface area contributed by atoms with E-state index < -0.39 is 36.0 Å². The fraction of sp³-hybridized carbons (Fsp3) is 0.333. The van der Waals surface area contributed by atoms with Crippen LogP contribution in [-0.2, 0) is 19.1 Å². The van der Waals surface area contributed by atoms with Gasteiger partial charge in [-0.1, -0.05) is 61.9 Å². The van der Waals surface area contributed by atoms with Crippen LogP contribution in [0.2, 0.25) is 0 Å². The number of ether oxygens (including phenoxy) is 1. The standard InChI is InChI=1S/C24H25N3O6/c1-2-7-19(22(29)27-20(23(30)31)12-21(28)26-27)25-24(32)33-13-18-16-10-5-3-8-14(16)15-9-4-6-11-17(15)18/h3-6,8-11,18-20H,2,7,12-13H2,1H3,(H,25,32)(H,26,28)(H,30,31)/t19-,20?/m0/s1. The Bertz CT molecular complexity index is 1060. The third-order valence-electron chi connectivity index (χ3n) is 5.97. The molecule has 172 valence electrons. The van der Waals surface area contributed by atoms with Crippen molar-refractivity contribution in [2.75, 3.05) is 6.61 Å². The molecule has 1 heterocycles. The summed E-state index contributed by atoms with van der Waals surface area (Å²) in [5, 5.41) is 12.6. The van der Waals surface area contributed by atoms with E-state index in [1.165, 1.54) is 0 Å². The Morgan fingerprint density at radius 3 is 2.30 bits per heavy atom. The molecule has 1 aliphatic carbocycles. The Labute approximate surface area is 190 Å². The minimum absolute atomic E-state index is 0.0884. The van der Waals surface area contributed by atoms with Gasteiger partial charge in [0, 0.05) is 5.92 Å². The van der Waals surface area contributed by atoms with E-state index in [9.17, 15) is 24.3 Å². The number of hydrogen-bond donors (Lipinski definition) is 3. The molecule has 2 aromatic carbocycles. The lowest BCUT2D eigenvalue weighted by molar-refractivity contribution is -0.151. The van der Waals surface area contributed by atoms with E-state index in [1.807, 2.05) is 55.5 Å². The maximum Gasteiger partial charge on any atom is 0.407 e. The molecule has 1 unspecified atom stereocenters. The van der Waals surface area contributed by atoms with E-state index >= 15 is 0 Å². The van der Waals surface area contributed by atoms with Crippen molar-refractivity contribution in [2.24, 2.45) is 0 Å². The van der Waals surface area contributed by atoms with Crippen molar-refractivity contribution in [3.05, 3.63) is 59.7 Å². The predicted octanol–water partition coefficient (Wildman–Crippen LogP) is 2.41. The SMILES string of the molecule is CCC[C@H](NC(=O)OCC1c2ccccc2-c2ccccc21)C(=O)N1NC(=O)CC1C(=O)O. The lowest BCUT2D eigenvalue weighted by Gasteiger charge is -2.26. The Hall–Kier alpha value is -3.88. The lowest BCUT2D eigenvalue weighted by Crippen LogP contribution is -2.55. The number of fused-ring (bicyclic) bond motifs is 3. The summed E-state index contributed by atoms with van der Waals surface area (Å²) in [5.74, 6) is -2.67. The summed E-state index contributed by atoms with van der Waals surface area (Å²) in [6.45, 7) is 1.92. The van der Waals surface area contributed by atoms with Crippen molar-refractivity contribution >= 4 is 23.9 Å². The van der Waals surface area contributed by atoms with Crippen LogP contribution in [0.1, 0.15) is 43.2 Å². The first kappa shape index (κ1) is 22.3. The summed E-state index contributed by atoms with van der Waals surface area (Å²) in [6, 6.07) is 13.6. The molecule has 3 amide bonds. The highest BCUT2D eigenvalue weighted by Crippen LogP contribution is 2.44. The number of carboxylic acid groups (broad SMARTS) is 1. The second-order valence-electron chi connectivity index (χ2n) is 8.11. The second-order valence-corrected chi connectivity index (χ2v) is 8.11. The highest BCUT2D eigenvalue weighted by atomic mass is 16.5. The molecule has 0 radical (unpaired) electrons. The average molecular weight is 451 g/mol. The molecule has 0 spiro atoms. The highest BCUT2D eigenvalue weighted by molar-refractivity contribution is 5.96. The van der Waals surface area contributed by atoms with Crippen molar-refractivity contribution in [3.63, 3.8) is 0 Å². The van der Waals surface area contributed by atoms with E-state index in [0.29, 0.717) is 6.42 Å². The Morgan fingerprint density at radius 1 is 1.12 bits per heavy atom. The normalized spacial score (nSPS) is 17.7. The molecular weight excluding hydrogens is 426 g/mol. The van der Waals surface area contributed by atoms with Crippen LogP contribution in [0.5, 0.6) is 0 Å². The van der Waals surface area contributed by atoms with E-state index in [2.05, 4.69) is 10.7 Å². The van der Waals surface area contributed by atoms with Gasteiger partial charge in [-0.25, -0.2) is 14.6 Å². The number of hydrazine groups is 1. The average Bonchev–Trinajstić information content (AvgIpc) is 3.35. The topological polar surface area (TPSA) is 125 Å². The first-order chi connectivity index (χ1) is 15.9. The summed E-state index contributed by atoms with van der Waals surface area (Å²) in [5.41, 5.74) is 6.61. The van der Waals surface area contributed by atoms with Gasteiger partial charge in [0.25, 0.3) is 5.91 Å². The van der Waals surface area contributed by atoms with Crippen LogP contribution in [0.4, 0.5) is 4.79 Å². The van der Waals surface area contributed by atoms with Gasteiger partial charge in [-0.15, -0.1) is 0 Å². The van der Waals surface area contributed by atoms with Crippen molar-refractivity contribution < 1.29 is 29.0 Å². The number of benzene rings is 2. The number of carbonyl (C=O) groups is 4. The quantitative estimate of drug-likeness (QED) is 0.594. The number of carbonyl (C=O) groups excluding carboxylic acids is 3. The van der Waals surface area contributed by atoms with Gasteiger partial charge in [0.1, 0.15) is 12.6 Å². The number of carboxylic acids is 1. The zero-order valence-corrected chi connectivity index (χ0v) is 18.1. The van der Waals surface area contributed by atoms with Crippen LogP contribution >= 0.6 is 0 Å². The molecular formula is C24H25N3O6. The Kier molecular flexibility index (Phi) is 6.30. The van der Waals surface area contributed by atoms with Crippen LogP contribution in [0.25, 0.3) is 11.1 Å². The Balaban J connectivity index is 1.44. The van der Waals surface area contributed by atoms with Crippen molar-refractivity contribution in [1.82, 2.24) is 15.8 Å². The predicted molar refractivity (Wildman–Crippen MR) is 118 cm³/mol. The molecule has 4 rings (SSSR count). The molecule has 2 atom stereocenters. The molecule has 9 nitrogen and oxygen atoms in total. The summed E-state index contributed by atoms with van der Waals surface area (Å²) in [6.07, 6.45) is -0.285. The van der Waals surface area contributed by atoms with Crippen LogP contribution in [0.3, 0.4) is 0 Å². The second kappa shape index (κ2) is 9.32. The molecule has 0 saturated carbocycles. The van der Waals surface area contributed by atoms with Gasteiger partial charge in [0.05, 0.1) is 6.42 Å². The van der Waals surface area contributed by atoms with E-state index in [4.69, 9.17) is 4.74 Å². The maximum atomic E-state index is 12.9. The molecule has 1 saturated heterocycles. The van der Waals surface area contributed by atoms with Crippen LogP contribution in [-0.4, -0.2) is 52.7 Å². The summed E-state index contributed by atoms with van der Waals surface area (Å²) >= 11 is 0. The zero-order valence-electron chi connectivity index (χ0n) is 18.1.